The van der Waals surface area contributed by atoms with Crippen LogP contribution >= 0.6 is 0 Å². The summed E-state index contributed by atoms with van der Waals surface area (Å²) >= 11 is 0. The van der Waals surface area contributed by atoms with Crippen LogP contribution in [0.1, 0.15) is 59.3 Å². The molecule has 82 valence electrons. The molecule has 2 nitrogen and oxygen atoms in total. The minimum Gasteiger partial charge on any atom is -0.387 e. The molecule has 1 aliphatic carbocycles. The molecule has 2 heteroatoms. The highest BCUT2D eigenvalue weighted by Gasteiger charge is 2.22. The van der Waals surface area contributed by atoms with Gasteiger partial charge in [0.2, 0.25) is 0 Å². The molecule has 1 fully saturated rings. The van der Waals surface area contributed by atoms with Gasteiger partial charge in [-0.1, -0.05) is 26.2 Å². The van der Waals surface area contributed by atoms with Crippen LogP contribution in [0.4, 0.5) is 0 Å². The smallest absolute Gasteiger partial charge is 0.0975 e. The molecule has 0 saturated heterocycles. The van der Waals surface area contributed by atoms with Gasteiger partial charge in [-0.2, -0.15) is 0 Å². The lowest BCUT2D eigenvalue weighted by Crippen LogP contribution is -2.28. The number of aliphatic imine (C=N–C) groups is 1. The molecule has 0 aliphatic heterocycles. The van der Waals surface area contributed by atoms with Gasteiger partial charge in [-0.15, -0.1) is 0 Å². The second-order valence-corrected chi connectivity index (χ2v) is 5.08. The van der Waals surface area contributed by atoms with Gasteiger partial charge in [0, 0.05) is 5.92 Å². The molecule has 0 atom stereocenters. The Kier molecular flexibility index (Phi) is 3.97. The summed E-state index contributed by atoms with van der Waals surface area (Å²) in [5.74, 6) is 1.48. The number of nitrogens with zero attached hydrogens (tertiary/aromatic N) is 1. The van der Waals surface area contributed by atoms with Crippen molar-refractivity contribution in [2.45, 2.75) is 64.8 Å². The molecule has 0 bridgehead atoms. The van der Waals surface area contributed by atoms with Crippen molar-refractivity contribution < 1.29 is 0 Å². The lowest BCUT2D eigenvalue weighted by molar-refractivity contribution is 0.468. The molecule has 0 spiro atoms. The monoisotopic (exact) mass is 196 g/mol. The molecule has 0 aromatic carbocycles. The molecule has 0 aromatic rings. The van der Waals surface area contributed by atoms with Crippen molar-refractivity contribution >= 4 is 5.84 Å². The first-order chi connectivity index (χ1) is 6.55. The Bertz CT molecular complexity index is 200. The quantitative estimate of drug-likeness (QED) is 0.544. The Morgan fingerprint density at radius 2 is 1.93 bits per heavy atom. The summed E-state index contributed by atoms with van der Waals surface area (Å²) in [5.41, 5.74) is 6.09. The third kappa shape index (κ3) is 3.32. The molecular weight excluding hydrogens is 172 g/mol. The van der Waals surface area contributed by atoms with E-state index in [1.807, 2.05) is 0 Å². The van der Waals surface area contributed by atoms with Crippen molar-refractivity contribution in [3.05, 3.63) is 0 Å². The standard InChI is InChI=1S/C12H24N2/c1-4-9-12(2,3)14-11(13)10-7-5-6-8-10/h10H,4-9H2,1-3H3,(H2,13,14). The van der Waals surface area contributed by atoms with Crippen molar-refractivity contribution in [3.63, 3.8) is 0 Å². The summed E-state index contributed by atoms with van der Waals surface area (Å²) in [7, 11) is 0. The van der Waals surface area contributed by atoms with Crippen molar-refractivity contribution in [2.75, 3.05) is 0 Å². The molecule has 1 aliphatic rings. The maximum absolute atomic E-state index is 6.05. The van der Waals surface area contributed by atoms with Gasteiger partial charge in [-0.05, 0) is 33.1 Å². The van der Waals surface area contributed by atoms with Gasteiger partial charge in [-0.3, -0.25) is 4.99 Å². The first-order valence-corrected chi connectivity index (χ1v) is 5.90. The van der Waals surface area contributed by atoms with Gasteiger partial charge in [0.1, 0.15) is 0 Å². The van der Waals surface area contributed by atoms with Gasteiger partial charge in [0.25, 0.3) is 0 Å². The highest BCUT2D eigenvalue weighted by atomic mass is 14.9. The number of nitrogens with two attached hydrogens (primary N) is 1. The van der Waals surface area contributed by atoms with Gasteiger partial charge in [0.15, 0.2) is 0 Å². The molecule has 14 heavy (non-hydrogen) atoms. The summed E-state index contributed by atoms with van der Waals surface area (Å²) in [6.45, 7) is 6.56. The lowest BCUT2D eigenvalue weighted by atomic mass is 9.99. The van der Waals surface area contributed by atoms with E-state index >= 15 is 0 Å². The molecule has 2 N–H and O–H groups in total. The minimum atomic E-state index is 0.0431. The minimum absolute atomic E-state index is 0.0431. The molecule has 1 saturated carbocycles. The summed E-state index contributed by atoms with van der Waals surface area (Å²) in [5, 5.41) is 0. The highest BCUT2D eigenvalue weighted by molar-refractivity contribution is 5.83. The van der Waals surface area contributed by atoms with E-state index in [4.69, 9.17) is 5.73 Å². The van der Waals surface area contributed by atoms with E-state index in [2.05, 4.69) is 25.8 Å². The van der Waals surface area contributed by atoms with Crippen LogP contribution < -0.4 is 5.73 Å². The van der Waals surface area contributed by atoms with Gasteiger partial charge >= 0.3 is 0 Å². The van der Waals surface area contributed by atoms with Crippen LogP contribution in [0.25, 0.3) is 0 Å². The van der Waals surface area contributed by atoms with Gasteiger partial charge < -0.3 is 5.73 Å². The number of hydrogen-bond donors (Lipinski definition) is 1. The third-order valence-corrected chi connectivity index (χ3v) is 3.07. The zero-order chi connectivity index (χ0) is 10.6. The van der Waals surface area contributed by atoms with E-state index < -0.39 is 0 Å². The SMILES string of the molecule is CCCC(C)(C)N=C(N)C1CCCC1. The first kappa shape index (κ1) is 11.5. The lowest BCUT2D eigenvalue weighted by Gasteiger charge is -2.21. The summed E-state index contributed by atoms with van der Waals surface area (Å²) in [4.78, 5) is 4.68. The van der Waals surface area contributed by atoms with E-state index in [0.717, 1.165) is 12.3 Å². The van der Waals surface area contributed by atoms with Crippen LogP contribution in [0.2, 0.25) is 0 Å². The predicted octanol–water partition coefficient (Wildman–Crippen LogP) is 3.11. The third-order valence-electron chi connectivity index (χ3n) is 3.07. The van der Waals surface area contributed by atoms with E-state index in [9.17, 15) is 0 Å². The maximum atomic E-state index is 6.05. The zero-order valence-corrected chi connectivity index (χ0v) is 9.84. The first-order valence-electron chi connectivity index (χ1n) is 5.90. The number of rotatable bonds is 4. The predicted molar refractivity (Wildman–Crippen MR) is 62.6 cm³/mol. The molecular formula is C12H24N2. The van der Waals surface area contributed by atoms with Crippen LogP contribution in [0.3, 0.4) is 0 Å². The summed E-state index contributed by atoms with van der Waals surface area (Å²) < 4.78 is 0. The van der Waals surface area contributed by atoms with Crippen LogP contribution in [0, 0.1) is 5.92 Å². The second-order valence-electron chi connectivity index (χ2n) is 5.08. The fraction of sp³-hybridized carbons (Fsp3) is 0.917. The summed E-state index contributed by atoms with van der Waals surface area (Å²) in [6.07, 6.45) is 7.45. The zero-order valence-electron chi connectivity index (χ0n) is 9.84. The molecule has 1 rings (SSSR count). The molecule has 0 unspecified atom stereocenters. The van der Waals surface area contributed by atoms with Crippen LogP contribution in [0.5, 0.6) is 0 Å². The van der Waals surface area contributed by atoms with Crippen molar-refractivity contribution in [1.29, 1.82) is 0 Å². The molecule has 0 heterocycles. The molecule has 0 amide bonds. The van der Waals surface area contributed by atoms with Crippen molar-refractivity contribution in [2.24, 2.45) is 16.6 Å². The van der Waals surface area contributed by atoms with Gasteiger partial charge in [-0.25, -0.2) is 0 Å². The average molecular weight is 196 g/mol. The molecule has 0 radical (unpaired) electrons. The highest BCUT2D eigenvalue weighted by Crippen LogP contribution is 2.26. The van der Waals surface area contributed by atoms with Crippen molar-refractivity contribution in [1.82, 2.24) is 0 Å². The number of hydrogen-bond acceptors (Lipinski definition) is 1. The Labute approximate surface area is 88.0 Å². The normalized spacial score (nSPS) is 20.4. The topological polar surface area (TPSA) is 38.4 Å². The van der Waals surface area contributed by atoms with E-state index in [-0.39, 0.29) is 5.54 Å². The second kappa shape index (κ2) is 4.81. The van der Waals surface area contributed by atoms with E-state index in [0.29, 0.717) is 5.92 Å². The molecule has 0 aromatic heterocycles. The fourth-order valence-electron chi connectivity index (χ4n) is 2.33. The Hall–Kier alpha value is -0.530. The maximum Gasteiger partial charge on any atom is 0.0975 e. The van der Waals surface area contributed by atoms with E-state index in [1.54, 1.807) is 0 Å². The summed E-state index contributed by atoms with van der Waals surface area (Å²) in [6, 6.07) is 0. The van der Waals surface area contributed by atoms with Crippen LogP contribution in [-0.4, -0.2) is 11.4 Å². The number of amidine groups is 1. The Morgan fingerprint density at radius 3 is 2.43 bits per heavy atom. The fourth-order valence-corrected chi connectivity index (χ4v) is 2.33. The Balaban J connectivity index is 2.56. The van der Waals surface area contributed by atoms with Crippen LogP contribution in [0.15, 0.2) is 4.99 Å². The van der Waals surface area contributed by atoms with Crippen molar-refractivity contribution in [3.8, 4) is 0 Å². The van der Waals surface area contributed by atoms with E-state index in [1.165, 1.54) is 32.1 Å². The Morgan fingerprint density at radius 1 is 1.36 bits per heavy atom. The largest absolute Gasteiger partial charge is 0.387 e. The van der Waals surface area contributed by atoms with Crippen LogP contribution in [-0.2, 0) is 0 Å². The average Bonchev–Trinajstić information content (AvgIpc) is 2.53. The van der Waals surface area contributed by atoms with Gasteiger partial charge in [0.05, 0.1) is 11.4 Å².